The van der Waals surface area contributed by atoms with Crippen molar-refractivity contribution in [2.24, 2.45) is 0 Å². The van der Waals surface area contributed by atoms with Gasteiger partial charge in [0.15, 0.2) is 0 Å². The van der Waals surface area contributed by atoms with Crippen LogP contribution in [-0.4, -0.2) is 43.5 Å². The number of anilines is 2. The highest BCUT2D eigenvalue weighted by Crippen LogP contribution is 2.36. The first-order valence-electron chi connectivity index (χ1n) is 8.73. The molecule has 0 aromatic heterocycles. The molecule has 0 saturated carbocycles. The minimum atomic E-state index is -0.558. The average molecular weight is 365 g/mol. The number of ether oxygens (including phenoxy) is 1. The molecular weight excluding hydrogens is 346 g/mol. The second kappa shape index (κ2) is 6.75. The number of amides is 2. The van der Waals surface area contributed by atoms with Crippen LogP contribution in [0.3, 0.4) is 0 Å². The van der Waals surface area contributed by atoms with E-state index in [9.17, 15) is 14.4 Å². The Hall–Kier alpha value is -3.35. The molecule has 138 valence electrons. The standard InChI is InChI=1S/C20H19N3O4/c1-27-20(26)14-7-3-2-6-13(14)18(24)21-12-10-17-19(25)22-15-8-4-5-9-16(15)23(17)11-12/h2-9,12,17H,10-11H2,1H3,(H,21,24)(H,22,25). The molecule has 27 heavy (non-hydrogen) atoms. The molecule has 2 aliphatic heterocycles. The Labute approximate surface area is 156 Å². The lowest BCUT2D eigenvalue weighted by Gasteiger charge is -2.32. The molecule has 2 amide bonds. The van der Waals surface area contributed by atoms with Crippen LogP contribution in [0.4, 0.5) is 11.4 Å². The number of fused-ring (bicyclic) bond motifs is 3. The molecule has 4 rings (SSSR count). The van der Waals surface area contributed by atoms with Crippen LogP contribution in [-0.2, 0) is 9.53 Å². The minimum absolute atomic E-state index is 0.0691. The van der Waals surface area contributed by atoms with Crippen molar-refractivity contribution >= 4 is 29.2 Å². The van der Waals surface area contributed by atoms with E-state index < -0.39 is 5.97 Å². The fourth-order valence-corrected chi connectivity index (χ4v) is 3.73. The van der Waals surface area contributed by atoms with Gasteiger partial charge in [0.25, 0.3) is 5.91 Å². The highest BCUT2D eigenvalue weighted by Gasteiger charge is 2.41. The number of hydrogen-bond donors (Lipinski definition) is 2. The number of benzene rings is 2. The van der Waals surface area contributed by atoms with Gasteiger partial charge in [0.2, 0.25) is 5.91 Å². The molecule has 2 atom stereocenters. The number of hydrogen-bond acceptors (Lipinski definition) is 5. The Morgan fingerprint density at radius 3 is 2.59 bits per heavy atom. The first-order chi connectivity index (χ1) is 13.1. The van der Waals surface area contributed by atoms with Gasteiger partial charge in [-0.3, -0.25) is 9.59 Å². The first kappa shape index (κ1) is 17.1. The summed E-state index contributed by atoms with van der Waals surface area (Å²) in [6.07, 6.45) is 0.506. The van der Waals surface area contributed by atoms with Gasteiger partial charge in [0.1, 0.15) is 6.04 Å². The number of nitrogens with one attached hydrogen (secondary N) is 2. The van der Waals surface area contributed by atoms with Crippen molar-refractivity contribution in [2.75, 3.05) is 23.9 Å². The number of carbonyl (C=O) groups is 3. The first-order valence-corrected chi connectivity index (χ1v) is 8.73. The minimum Gasteiger partial charge on any atom is -0.465 e. The highest BCUT2D eigenvalue weighted by atomic mass is 16.5. The zero-order valence-electron chi connectivity index (χ0n) is 14.8. The molecule has 2 N–H and O–H groups in total. The lowest BCUT2D eigenvalue weighted by Crippen LogP contribution is -2.44. The molecule has 7 heteroatoms. The van der Waals surface area contributed by atoms with Gasteiger partial charge in [-0.25, -0.2) is 4.79 Å². The molecular formula is C20H19N3O4. The quantitative estimate of drug-likeness (QED) is 0.810. The molecule has 0 aliphatic carbocycles. The smallest absolute Gasteiger partial charge is 0.338 e. The monoisotopic (exact) mass is 365 g/mol. The summed E-state index contributed by atoms with van der Waals surface area (Å²) in [5, 5.41) is 5.87. The van der Waals surface area contributed by atoms with Gasteiger partial charge in [0, 0.05) is 12.6 Å². The van der Waals surface area contributed by atoms with Crippen molar-refractivity contribution in [1.82, 2.24) is 5.32 Å². The second-order valence-electron chi connectivity index (χ2n) is 6.62. The van der Waals surface area contributed by atoms with E-state index in [4.69, 9.17) is 4.74 Å². The van der Waals surface area contributed by atoms with E-state index >= 15 is 0 Å². The van der Waals surface area contributed by atoms with E-state index in [1.54, 1.807) is 24.3 Å². The Balaban J connectivity index is 1.54. The number of methoxy groups -OCH3 is 1. The molecule has 2 aromatic rings. The van der Waals surface area contributed by atoms with Crippen molar-refractivity contribution < 1.29 is 19.1 Å². The summed E-state index contributed by atoms with van der Waals surface area (Å²) in [5.74, 6) is -0.979. The van der Waals surface area contributed by atoms with E-state index in [1.807, 2.05) is 29.2 Å². The molecule has 1 saturated heterocycles. The summed E-state index contributed by atoms with van der Waals surface area (Å²) in [6.45, 7) is 0.529. The largest absolute Gasteiger partial charge is 0.465 e. The van der Waals surface area contributed by atoms with Crippen LogP contribution >= 0.6 is 0 Å². The molecule has 1 fully saturated rings. The zero-order valence-corrected chi connectivity index (χ0v) is 14.8. The van der Waals surface area contributed by atoms with Crippen molar-refractivity contribution in [3.8, 4) is 0 Å². The maximum atomic E-state index is 12.7. The molecule has 0 radical (unpaired) electrons. The third-order valence-corrected chi connectivity index (χ3v) is 4.99. The van der Waals surface area contributed by atoms with Crippen LogP contribution < -0.4 is 15.5 Å². The number of esters is 1. The van der Waals surface area contributed by atoms with Gasteiger partial charge in [0.05, 0.1) is 29.6 Å². The van der Waals surface area contributed by atoms with E-state index in [0.29, 0.717) is 13.0 Å². The predicted molar refractivity (Wildman–Crippen MR) is 99.9 cm³/mol. The number of para-hydroxylation sites is 2. The van der Waals surface area contributed by atoms with E-state index in [-0.39, 0.29) is 35.0 Å². The molecule has 2 aliphatic rings. The number of carbonyl (C=O) groups excluding carboxylic acids is 3. The normalized spacial score (nSPS) is 20.3. The summed E-state index contributed by atoms with van der Waals surface area (Å²) in [7, 11) is 1.28. The molecule has 2 unspecified atom stereocenters. The van der Waals surface area contributed by atoms with Gasteiger partial charge in [-0.05, 0) is 30.7 Å². The van der Waals surface area contributed by atoms with Gasteiger partial charge >= 0.3 is 5.97 Å². The van der Waals surface area contributed by atoms with Crippen LogP contribution in [0.25, 0.3) is 0 Å². The molecule has 2 heterocycles. The van der Waals surface area contributed by atoms with Crippen LogP contribution in [0.1, 0.15) is 27.1 Å². The fraction of sp³-hybridized carbons (Fsp3) is 0.250. The van der Waals surface area contributed by atoms with E-state index in [2.05, 4.69) is 10.6 Å². The number of nitrogens with zero attached hydrogens (tertiary/aromatic N) is 1. The van der Waals surface area contributed by atoms with Crippen LogP contribution in [0.15, 0.2) is 48.5 Å². The van der Waals surface area contributed by atoms with Crippen molar-refractivity contribution in [2.45, 2.75) is 18.5 Å². The molecule has 2 aromatic carbocycles. The topological polar surface area (TPSA) is 87.7 Å². The van der Waals surface area contributed by atoms with E-state index in [1.165, 1.54) is 7.11 Å². The summed E-state index contributed by atoms with van der Waals surface area (Å²) >= 11 is 0. The molecule has 0 bridgehead atoms. The summed E-state index contributed by atoms with van der Waals surface area (Å²) < 4.78 is 4.75. The lowest BCUT2D eigenvalue weighted by atomic mass is 10.1. The molecule has 7 nitrogen and oxygen atoms in total. The van der Waals surface area contributed by atoms with Crippen LogP contribution in [0, 0.1) is 0 Å². The third-order valence-electron chi connectivity index (χ3n) is 4.99. The van der Waals surface area contributed by atoms with Gasteiger partial charge in [-0.2, -0.15) is 0 Å². The molecule has 0 spiro atoms. The fourth-order valence-electron chi connectivity index (χ4n) is 3.73. The highest BCUT2D eigenvalue weighted by molar-refractivity contribution is 6.06. The van der Waals surface area contributed by atoms with Crippen LogP contribution in [0.5, 0.6) is 0 Å². The Morgan fingerprint density at radius 2 is 1.81 bits per heavy atom. The van der Waals surface area contributed by atoms with Gasteiger partial charge < -0.3 is 20.3 Å². The van der Waals surface area contributed by atoms with Gasteiger partial charge in [-0.15, -0.1) is 0 Å². The average Bonchev–Trinajstić information content (AvgIpc) is 3.12. The summed E-state index contributed by atoms with van der Waals surface area (Å²) in [4.78, 5) is 39.0. The van der Waals surface area contributed by atoms with Crippen molar-refractivity contribution in [1.29, 1.82) is 0 Å². The lowest BCUT2D eigenvalue weighted by molar-refractivity contribution is -0.117. The number of rotatable bonds is 3. The predicted octanol–water partition coefficient (Wildman–Crippen LogP) is 1.80. The SMILES string of the molecule is COC(=O)c1ccccc1C(=O)NC1CC2C(=O)Nc3ccccc3N2C1. The maximum Gasteiger partial charge on any atom is 0.338 e. The van der Waals surface area contributed by atoms with Crippen molar-refractivity contribution in [3.05, 3.63) is 59.7 Å². The third kappa shape index (κ3) is 3.01. The van der Waals surface area contributed by atoms with E-state index in [0.717, 1.165) is 11.4 Å². The summed E-state index contributed by atoms with van der Waals surface area (Å²) in [6, 6.07) is 13.6. The maximum absolute atomic E-state index is 12.7. The Kier molecular flexibility index (Phi) is 4.27. The second-order valence-corrected chi connectivity index (χ2v) is 6.62. The van der Waals surface area contributed by atoms with Crippen LogP contribution in [0.2, 0.25) is 0 Å². The Morgan fingerprint density at radius 1 is 1.11 bits per heavy atom. The van der Waals surface area contributed by atoms with Crippen molar-refractivity contribution in [3.63, 3.8) is 0 Å². The zero-order chi connectivity index (χ0) is 19.0. The summed E-state index contributed by atoms with van der Waals surface area (Å²) in [5.41, 5.74) is 2.21. The Bertz CT molecular complexity index is 927. The van der Waals surface area contributed by atoms with Gasteiger partial charge in [-0.1, -0.05) is 24.3 Å².